The molecule has 0 fully saturated rings. The van der Waals surface area contributed by atoms with Gasteiger partial charge in [-0.05, 0) is 30.4 Å². The third-order valence-corrected chi connectivity index (χ3v) is 3.00. The third-order valence-electron chi connectivity index (χ3n) is 3.00. The fourth-order valence-corrected chi connectivity index (χ4v) is 2.03. The van der Waals surface area contributed by atoms with E-state index in [0.29, 0.717) is 11.4 Å². The SMILES string of the molecule is O=c1[nH]c(=O)n(-c2ccccc2)c(O)c1/C=C1\C=CC=N1. The fourth-order valence-electron chi connectivity index (χ4n) is 2.03. The normalized spacial score (nSPS) is 15.0. The molecular weight excluding hydrogens is 270 g/mol. The van der Waals surface area contributed by atoms with Crippen LogP contribution >= 0.6 is 0 Å². The topological polar surface area (TPSA) is 87.5 Å². The summed E-state index contributed by atoms with van der Waals surface area (Å²) in [5, 5.41) is 10.3. The Labute approximate surface area is 119 Å². The summed E-state index contributed by atoms with van der Waals surface area (Å²) in [6.45, 7) is 0. The standard InChI is InChI=1S/C15H11N3O3/c19-13-12(9-10-5-4-8-16-10)14(20)18(15(21)17-13)11-6-2-1-3-7-11/h1-9,20H,(H,17,19,21)/b10-9+. The number of rotatable bonds is 2. The van der Waals surface area contributed by atoms with E-state index < -0.39 is 17.1 Å². The van der Waals surface area contributed by atoms with Gasteiger partial charge in [-0.25, -0.2) is 9.36 Å². The predicted octanol–water partition coefficient (Wildman–Crippen LogP) is 1.21. The summed E-state index contributed by atoms with van der Waals surface area (Å²) in [7, 11) is 0. The molecule has 3 rings (SSSR count). The van der Waals surface area contributed by atoms with Crippen molar-refractivity contribution in [1.29, 1.82) is 0 Å². The summed E-state index contributed by atoms with van der Waals surface area (Å²) in [6.07, 6.45) is 6.40. The second kappa shape index (κ2) is 5.09. The smallest absolute Gasteiger partial charge is 0.335 e. The van der Waals surface area contributed by atoms with E-state index in [4.69, 9.17) is 0 Å². The van der Waals surface area contributed by atoms with Crippen LogP contribution in [0.5, 0.6) is 5.88 Å². The molecule has 1 aromatic heterocycles. The fraction of sp³-hybridized carbons (Fsp3) is 0. The Morgan fingerprint density at radius 1 is 1.19 bits per heavy atom. The van der Waals surface area contributed by atoms with Crippen LogP contribution in [-0.2, 0) is 0 Å². The van der Waals surface area contributed by atoms with Crippen molar-refractivity contribution in [3.63, 3.8) is 0 Å². The molecule has 0 atom stereocenters. The predicted molar refractivity (Wildman–Crippen MR) is 79.9 cm³/mol. The molecule has 0 unspecified atom stereocenters. The number of aromatic hydroxyl groups is 1. The van der Waals surface area contributed by atoms with Gasteiger partial charge in [-0.15, -0.1) is 0 Å². The van der Waals surface area contributed by atoms with E-state index >= 15 is 0 Å². The van der Waals surface area contributed by atoms with Crippen LogP contribution in [0.25, 0.3) is 11.8 Å². The number of aromatic amines is 1. The number of aromatic nitrogens is 2. The molecule has 0 aliphatic carbocycles. The van der Waals surface area contributed by atoms with E-state index in [1.54, 1.807) is 48.7 Å². The van der Waals surface area contributed by atoms with Gasteiger partial charge in [0.2, 0.25) is 5.88 Å². The number of para-hydroxylation sites is 1. The Morgan fingerprint density at radius 3 is 2.62 bits per heavy atom. The number of hydrogen-bond acceptors (Lipinski definition) is 4. The van der Waals surface area contributed by atoms with E-state index in [-0.39, 0.29) is 5.56 Å². The van der Waals surface area contributed by atoms with Crippen LogP contribution < -0.4 is 11.2 Å². The lowest BCUT2D eigenvalue weighted by Gasteiger charge is -2.09. The van der Waals surface area contributed by atoms with Crippen LogP contribution in [0.4, 0.5) is 0 Å². The van der Waals surface area contributed by atoms with Crippen LogP contribution in [0.3, 0.4) is 0 Å². The van der Waals surface area contributed by atoms with Gasteiger partial charge in [0.15, 0.2) is 0 Å². The van der Waals surface area contributed by atoms with Gasteiger partial charge in [0.05, 0.1) is 11.4 Å². The molecule has 1 aromatic carbocycles. The zero-order chi connectivity index (χ0) is 14.8. The molecule has 2 aromatic rings. The molecule has 6 nitrogen and oxygen atoms in total. The maximum absolute atomic E-state index is 11.9. The highest BCUT2D eigenvalue weighted by Crippen LogP contribution is 2.19. The Balaban J connectivity index is 2.26. The summed E-state index contributed by atoms with van der Waals surface area (Å²) in [6, 6.07) is 8.56. The molecule has 1 aliphatic heterocycles. The Kier molecular flexibility index (Phi) is 3.12. The van der Waals surface area contributed by atoms with Crippen molar-refractivity contribution in [2.24, 2.45) is 4.99 Å². The van der Waals surface area contributed by atoms with E-state index in [2.05, 4.69) is 9.98 Å². The molecule has 0 saturated heterocycles. The quantitative estimate of drug-likeness (QED) is 0.867. The molecule has 2 N–H and O–H groups in total. The average Bonchev–Trinajstić information content (AvgIpc) is 2.97. The monoisotopic (exact) mass is 281 g/mol. The van der Waals surface area contributed by atoms with E-state index in [1.807, 2.05) is 0 Å². The average molecular weight is 281 g/mol. The van der Waals surface area contributed by atoms with Gasteiger partial charge < -0.3 is 5.11 Å². The van der Waals surface area contributed by atoms with Crippen molar-refractivity contribution in [3.05, 3.63) is 74.6 Å². The minimum absolute atomic E-state index is 0.0165. The number of allylic oxidation sites excluding steroid dienone is 2. The molecule has 21 heavy (non-hydrogen) atoms. The second-order valence-corrected chi connectivity index (χ2v) is 4.37. The number of H-pyrrole nitrogens is 1. The summed E-state index contributed by atoms with van der Waals surface area (Å²) >= 11 is 0. The number of benzene rings is 1. The highest BCUT2D eigenvalue weighted by Gasteiger charge is 2.14. The molecule has 6 heteroatoms. The first-order chi connectivity index (χ1) is 10.2. The molecule has 0 amide bonds. The molecule has 0 bridgehead atoms. The van der Waals surface area contributed by atoms with Crippen LogP contribution in [0, 0.1) is 0 Å². The molecule has 104 valence electrons. The summed E-state index contributed by atoms with van der Waals surface area (Å²) in [4.78, 5) is 30.0. The number of nitrogens with one attached hydrogen (secondary N) is 1. The second-order valence-electron chi connectivity index (χ2n) is 4.37. The van der Waals surface area contributed by atoms with Gasteiger partial charge in [-0.2, -0.15) is 0 Å². The van der Waals surface area contributed by atoms with Crippen molar-refractivity contribution < 1.29 is 5.11 Å². The molecule has 0 saturated carbocycles. The van der Waals surface area contributed by atoms with Crippen LogP contribution in [-0.4, -0.2) is 20.9 Å². The maximum Gasteiger partial charge on any atom is 0.335 e. The Hall–Kier alpha value is -3.15. The van der Waals surface area contributed by atoms with Crippen molar-refractivity contribution in [2.45, 2.75) is 0 Å². The van der Waals surface area contributed by atoms with Gasteiger partial charge >= 0.3 is 5.69 Å². The van der Waals surface area contributed by atoms with Gasteiger partial charge in [-0.1, -0.05) is 18.2 Å². The highest BCUT2D eigenvalue weighted by atomic mass is 16.3. The Morgan fingerprint density at radius 2 is 1.95 bits per heavy atom. The third kappa shape index (κ3) is 2.34. The van der Waals surface area contributed by atoms with Crippen molar-refractivity contribution in [2.75, 3.05) is 0 Å². The molecule has 2 heterocycles. The first-order valence-electron chi connectivity index (χ1n) is 6.23. The van der Waals surface area contributed by atoms with Crippen molar-refractivity contribution >= 4 is 12.3 Å². The first kappa shape index (κ1) is 12.9. The zero-order valence-electron chi connectivity index (χ0n) is 10.9. The van der Waals surface area contributed by atoms with Crippen molar-refractivity contribution in [1.82, 2.24) is 9.55 Å². The lowest BCUT2D eigenvalue weighted by atomic mass is 10.2. The first-order valence-corrected chi connectivity index (χ1v) is 6.23. The number of hydrogen-bond donors (Lipinski definition) is 2. The zero-order valence-corrected chi connectivity index (χ0v) is 10.9. The van der Waals surface area contributed by atoms with Gasteiger partial charge in [0, 0.05) is 6.21 Å². The number of nitrogens with zero attached hydrogens (tertiary/aromatic N) is 2. The van der Waals surface area contributed by atoms with Crippen LogP contribution in [0.1, 0.15) is 5.56 Å². The van der Waals surface area contributed by atoms with E-state index in [0.717, 1.165) is 4.57 Å². The summed E-state index contributed by atoms with van der Waals surface area (Å²) in [5.41, 5.74) is -0.392. The Bertz CT molecular complexity index is 873. The maximum atomic E-state index is 11.9. The van der Waals surface area contributed by atoms with E-state index in [1.165, 1.54) is 6.08 Å². The minimum atomic E-state index is -0.698. The number of aliphatic imine (C=N–C) groups is 1. The lowest BCUT2D eigenvalue weighted by molar-refractivity contribution is 0.429. The summed E-state index contributed by atoms with van der Waals surface area (Å²) < 4.78 is 1.04. The molecular formula is C15H11N3O3. The molecule has 1 aliphatic rings. The molecule has 0 spiro atoms. The molecule has 0 radical (unpaired) electrons. The van der Waals surface area contributed by atoms with E-state index in [9.17, 15) is 14.7 Å². The minimum Gasteiger partial charge on any atom is -0.494 e. The van der Waals surface area contributed by atoms with Crippen LogP contribution in [0.2, 0.25) is 0 Å². The largest absolute Gasteiger partial charge is 0.494 e. The van der Waals surface area contributed by atoms with Gasteiger partial charge in [-0.3, -0.25) is 14.8 Å². The lowest BCUT2D eigenvalue weighted by Crippen LogP contribution is -2.30. The van der Waals surface area contributed by atoms with Gasteiger partial charge in [0.1, 0.15) is 5.56 Å². The van der Waals surface area contributed by atoms with Crippen molar-refractivity contribution in [3.8, 4) is 11.6 Å². The van der Waals surface area contributed by atoms with Crippen LogP contribution in [0.15, 0.2) is 62.8 Å². The summed E-state index contributed by atoms with van der Waals surface area (Å²) in [5.74, 6) is -0.419. The highest BCUT2D eigenvalue weighted by molar-refractivity contribution is 5.79. The van der Waals surface area contributed by atoms with Gasteiger partial charge in [0.25, 0.3) is 5.56 Å².